The summed E-state index contributed by atoms with van der Waals surface area (Å²) < 4.78 is 0. The number of hydrogen-bond acceptors (Lipinski definition) is 7. The monoisotopic (exact) mass is 279 g/mol. The van der Waals surface area contributed by atoms with Crippen molar-refractivity contribution in [3.05, 3.63) is 45.0 Å². The number of allylic oxidation sites excluding steroid dienone is 1. The summed E-state index contributed by atoms with van der Waals surface area (Å²) in [5.41, 5.74) is -1.33. The van der Waals surface area contributed by atoms with Gasteiger partial charge in [-0.3, -0.25) is 19.7 Å². The van der Waals surface area contributed by atoms with Crippen LogP contribution in [0.2, 0.25) is 0 Å². The van der Waals surface area contributed by atoms with Gasteiger partial charge in [-0.25, -0.2) is 0 Å². The Bertz CT molecular complexity index is 662. The molecule has 2 rings (SSSR count). The molecule has 0 heterocycles. The first-order valence-corrected chi connectivity index (χ1v) is 5.48. The molecule has 0 radical (unpaired) electrons. The zero-order valence-electron chi connectivity index (χ0n) is 9.94. The Balaban J connectivity index is 2.53. The summed E-state index contributed by atoms with van der Waals surface area (Å²) in [6.07, 6.45) is -1.03. The van der Waals surface area contributed by atoms with E-state index in [9.17, 15) is 35.0 Å². The summed E-state index contributed by atoms with van der Waals surface area (Å²) in [5.74, 6) is -2.78. The van der Waals surface area contributed by atoms with Gasteiger partial charge in [0.1, 0.15) is 17.6 Å². The Labute approximate surface area is 111 Å². The molecule has 0 spiro atoms. The van der Waals surface area contributed by atoms with Gasteiger partial charge in [-0.2, -0.15) is 0 Å². The summed E-state index contributed by atoms with van der Waals surface area (Å²) in [7, 11) is 0. The molecule has 1 unspecified atom stereocenters. The number of carbonyl (C=O) groups is 2. The van der Waals surface area contributed by atoms with Gasteiger partial charge in [0.2, 0.25) is 6.54 Å². The van der Waals surface area contributed by atoms with Crippen LogP contribution in [0.1, 0.15) is 20.7 Å². The summed E-state index contributed by atoms with van der Waals surface area (Å²) >= 11 is 0. The summed E-state index contributed by atoms with van der Waals surface area (Å²) in [6, 6.07) is 2.06. The van der Waals surface area contributed by atoms with Crippen molar-refractivity contribution in [3.63, 3.8) is 0 Å². The SMILES string of the molecule is O=C1C=C(C(O)C[N+](=O)[O-])C(=O)c2c(O)ccc(O)c21. The number of phenols is 2. The van der Waals surface area contributed by atoms with Gasteiger partial charge in [0, 0.05) is 10.5 Å². The number of nitro groups is 1. The number of benzene rings is 1. The van der Waals surface area contributed by atoms with E-state index in [1.54, 1.807) is 0 Å². The molecular formula is C12H9NO7. The molecule has 1 aliphatic rings. The van der Waals surface area contributed by atoms with Crippen molar-refractivity contribution in [1.29, 1.82) is 0 Å². The summed E-state index contributed by atoms with van der Waals surface area (Å²) in [6.45, 7) is -0.945. The molecule has 0 amide bonds. The maximum atomic E-state index is 12.1. The lowest BCUT2D eigenvalue weighted by atomic mass is 9.86. The molecule has 0 fully saturated rings. The van der Waals surface area contributed by atoms with Crippen LogP contribution < -0.4 is 0 Å². The molecule has 8 heteroatoms. The maximum absolute atomic E-state index is 12.1. The predicted molar refractivity (Wildman–Crippen MR) is 64.4 cm³/mol. The number of ketones is 2. The second-order valence-corrected chi connectivity index (χ2v) is 4.18. The van der Waals surface area contributed by atoms with Gasteiger partial charge in [0.05, 0.1) is 11.1 Å². The molecule has 1 aromatic carbocycles. The molecule has 3 N–H and O–H groups in total. The Morgan fingerprint density at radius 1 is 1.15 bits per heavy atom. The molecule has 0 bridgehead atoms. The molecule has 1 aromatic rings. The molecule has 104 valence electrons. The van der Waals surface area contributed by atoms with Crippen LogP contribution in [-0.4, -0.2) is 44.5 Å². The number of aromatic hydroxyl groups is 2. The van der Waals surface area contributed by atoms with E-state index < -0.39 is 51.8 Å². The maximum Gasteiger partial charge on any atom is 0.233 e. The van der Waals surface area contributed by atoms with Crippen molar-refractivity contribution in [2.24, 2.45) is 0 Å². The highest BCUT2D eigenvalue weighted by Gasteiger charge is 2.35. The van der Waals surface area contributed by atoms with E-state index in [2.05, 4.69) is 0 Å². The van der Waals surface area contributed by atoms with Crippen molar-refractivity contribution < 1.29 is 29.8 Å². The molecule has 0 saturated carbocycles. The van der Waals surface area contributed by atoms with E-state index in [0.29, 0.717) is 0 Å². The standard InChI is InChI=1S/C12H9NO7/c14-6-1-2-7(15)11-10(6)8(16)3-5(12(11)18)9(17)4-13(19)20/h1-3,9,14-15,17H,4H2. The molecule has 0 saturated heterocycles. The highest BCUT2D eigenvalue weighted by atomic mass is 16.6. The largest absolute Gasteiger partial charge is 0.507 e. The number of fused-ring (bicyclic) bond motifs is 1. The minimum atomic E-state index is -1.77. The summed E-state index contributed by atoms with van der Waals surface area (Å²) in [4.78, 5) is 33.4. The van der Waals surface area contributed by atoms with Crippen LogP contribution in [0.3, 0.4) is 0 Å². The van der Waals surface area contributed by atoms with Crippen LogP contribution in [0.25, 0.3) is 0 Å². The molecule has 1 aliphatic carbocycles. The van der Waals surface area contributed by atoms with E-state index in [-0.39, 0.29) is 5.56 Å². The topological polar surface area (TPSA) is 138 Å². The minimum absolute atomic E-state index is 0.382. The smallest absolute Gasteiger partial charge is 0.233 e. The Morgan fingerprint density at radius 2 is 1.70 bits per heavy atom. The fraction of sp³-hybridized carbons (Fsp3) is 0.167. The third-order valence-electron chi connectivity index (χ3n) is 2.86. The molecule has 1 atom stereocenters. The number of phenolic OH excluding ortho intramolecular Hbond substituents is 2. The van der Waals surface area contributed by atoms with Gasteiger partial charge in [0.15, 0.2) is 11.6 Å². The number of hydrogen-bond donors (Lipinski definition) is 3. The van der Waals surface area contributed by atoms with Gasteiger partial charge < -0.3 is 15.3 Å². The predicted octanol–water partition coefficient (Wildman–Crippen LogP) is 0.0408. The second-order valence-electron chi connectivity index (χ2n) is 4.18. The van der Waals surface area contributed by atoms with Crippen molar-refractivity contribution in [1.82, 2.24) is 0 Å². The Kier molecular flexibility index (Phi) is 3.24. The molecule has 8 nitrogen and oxygen atoms in total. The number of carbonyl (C=O) groups excluding carboxylic acids is 2. The van der Waals surface area contributed by atoms with Crippen LogP contribution >= 0.6 is 0 Å². The van der Waals surface area contributed by atoms with E-state index in [1.165, 1.54) is 0 Å². The zero-order valence-corrected chi connectivity index (χ0v) is 9.94. The van der Waals surface area contributed by atoms with E-state index in [1.807, 2.05) is 0 Å². The summed E-state index contributed by atoms with van der Waals surface area (Å²) in [5, 5.41) is 39.1. The fourth-order valence-corrected chi connectivity index (χ4v) is 1.97. The first-order chi connectivity index (χ1) is 9.32. The van der Waals surface area contributed by atoms with Crippen molar-refractivity contribution in [2.45, 2.75) is 6.10 Å². The zero-order chi connectivity index (χ0) is 15.0. The van der Waals surface area contributed by atoms with Crippen molar-refractivity contribution in [2.75, 3.05) is 6.54 Å². The number of nitrogens with zero attached hydrogens (tertiary/aromatic N) is 1. The number of rotatable bonds is 3. The number of aliphatic hydroxyl groups is 1. The van der Waals surface area contributed by atoms with E-state index in [0.717, 1.165) is 18.2 Å². The lowest BCUT2D eigenvalue weighted by molar-refractivity contribution is -0.488. The van der Waals surface area contributed by atoms with Crippen LogP contribution in [-0.2, 0) is 0 Å². The normalized spacial score (nSPS) is 15.6. The average Bonchev–Trinajstić information content (AvgIpc) is 2.35. The van der Waals surface area contributed by atoms with Crippen LogP contribution in [0.15, 0.2) is 23.8 Å². The quantitative estimate of drug-likeness (QED) is 0.403. The third kappa shape index (κ3) is 2.12. The van der Waals surface area contributed by atoms with Gasteiger partial charge >= 0.3 is 0 Å². The first-order valence-electron chi connectivity index (χ1n) is 5.48. The van der Waals surface area contributed by atoms with Gasteiger partial charge in [-0.1, -0.05) is 0 Å². The lowest BCUT2D eigenvalue weighted by Gasteiger charge is -2.18. The number of Topliss-reactive ketones (excluding diaryl/α,β-unsaturated/α-hetero) is 1. The van der Waals surface area contributed by atoms with Gasteiger partial charge in [0.25, 0.3) is 0 Å². The van der Waals surface area contributed by atoms with E-state index in [4.69, 9.17) is 0 Å². The molecule has 0 aliphatic heterocycles. The lowest BCUT2D eigenvalue weighted by Crippen LogP contribution is -2.30. The van der Waals surface area contributed by atoms with Crippen molar-refractivity contribution >= 4 is 11.6 Å². The van der Waals surface area contributed by atoms with Crippen molar-refractivity contribution in [3.8, 4) is 11.5 Å². The molecule has 0 aromatic heterocycles. The fourth-order valence-electron chi connectivity index (χ4n) is 1.97. The average molecular weight is 279 g/mol. The van der Waals surface area contributed by atoms with Crippen LogP contribution in [0.4, 0.5) is 0 Å². The first kappa shape index (κ1) is 13.7. The Hall–Kier alpha value is -2.74. The highest BCUT2D eigenvalue weighted by molar-refractivity contribution is 6.26. The highest BCUT2D eigenvalue weighted by Crippen LogP contribution is 2.35. The van der Waals surface area contributed by atoms with Crippen LogP contribution in [0, 0.1) is 10.1 Å². The van der Waals surface area contributed by atoms with E-state index >= 15 is 0 Å². The second kappa shape index (κ2) is 4.74. The number of aliphatic hydroxyl groups excluding tert-OH is 1. The minimum Gasteiger partial charge on any atom is -0.507 e. The Morgan fingerprint density at radius 3 is 2.25 bits per heavy atom. The molecule has 20 heavy (non-hydrogen) atoms. The van der Waals surface area contributed by atoms with Crippen LogP contribution in [0.5, 0.6) is 11.5 Å². The van der Waals surface area contributed by atoms with Gasteiger partial charge in [-0.15, -0.1) is 0 Å². The van der Waals surface area contributed by atoms with Gasteiger partial charge in [-0.05, 0) is 18.2 Å². The molecular weight excluding hydrogens is 270 g/mol. The third-order valence-corrected chi connectivity index (χ3v) is 2.86.